The van der Waals surface area contributed by atoms with Gasteiger partial charge in [0.2, 0.25) is 5.91 Å². The van der Waals surface area contributed by atoms with Crippen LogP contribution in [0.25, 0.3) is 17.0 Å². The lowest BCUT2D eigenvalue weighted by molar-refractivity contribution is -0.116. The third-order valence-electron chi connectivity index (χ3n) is 6.82. The number of nitrogens with zero attached hydrogens (tertiary/aromatic N) is 2. The van der Waals surface area contributed by atoms with Gasteiger partial charge in [0.15, 0.2) is 0 Å². The molecule has 1 aromatic heterocycles. The molecule has 2 heterocycles. The molecule has 1 aromatic carbocycles. The Labute approximate surface area is 209 Å². The molecule has 0 bridgehead atoms. The predicted molar refractivity (Wildman–Crippen MR) is 137 cm³/mol. The maximum Gasteiger partial charge on any atom is 0.408 e. The Morgan fingerprint density at radius 2 is 2.14 bits per heavy atom. The summed E-state index contributed by atoms with van der Waals surface area (Å²) in [6.45, 7) is 8.64. The van der Waals surface area contributed by atoms with Crippen molar-refractivity contribution in [2.24, 2.45) is 5.41 Å². The van der Waals surface area contributed by atoms with Crippen LogP contribution in [-0.2, 0) is 10.2 Å². The molecular formula is C25H26ClF2N4O2P. The molecule has 1 amide bonds. The van der Waals surface area contributed by atoms with Gasteiger partial charge in [-0.05, 0) is 59.5 Å². The van der Waals surface area contributed by atoms with Crippen molar-refractivity contribution in [2.75, 3.05) is 6.54 Å². The van der Waals surface area contributed by atoms with Crippen molar-refractivity contribution in [3.8, 4) is 17.0 Å². The second-order valence-electron chi connectivity index (χ2n) is 9.13. The van der Waals surface area contributed by atoms with Crippen LogP contribution in [0.15, 0.2) is 54.6 Å². The first-order valence-electron chi connectivity index (χ1n) is 11.0. The summed E-state index contributed by atoms with van der Waals surface area (Å²) in [4.78, 5) is 12.5. The minimum absolute atomic E-state index is 0.0987. The van der Waals surface area contributed by atoms with E-state index in [2.05, 4.69) is 11.9 Å². The van der Waals surface area contributed by atoms with Crippen LogP contribution in [0.5, 0.6) is 5.75 Å². The Kier molecular flexibility index (Phi) is 6.49. The SMILES string of the molecule is C=C(CCC=N)n1nc(C2(C)C=CC=C3C(=O)NCC32C)cc1-c1cc(Cl)cc(OC(F)(F)P)c1. The van der Waals surface area contributed by atoms with E-state index in [0.29, 0.717) is 47.6 Å². The van der Waals surface area contributed by atoms with Gasteiger partial charge in [-0.1, -0.05) is 43.3 Å². The standard InChI is InChI=1S/C25H26ClF2N4O2P/c1-15(6-5-9-29)32-20(16-10-17(26)12-18(11-16)34-25(27,28)35)13-21(31-32)23(2)8-4-7-19-22(33)30-14-24(19,23)3/h4,7-13,29H,1,5-6,14,35H2,2-3H3,(H,30,33). The maximum atomic E-state index is 13.5. The van der Waals surface area contributed by atoms with Gasteiger partial charge in [-0.25, -0.2) is 4.68 Å². The molecule has 0 saturated carbocycles. The van der Waals surface area contributed by atoms with E-state index in [4.69, 9.17) is 26.8 Å². The lowest BCUT2D eigenvalue weighted by Crippen LogP contribution is -2.44. The first kappa shape index (κ1) is 25.3. The molecule has 2 aliphatic rings. The van der Waals surface area contributed by atoms with Gasteiger partial charge in [0.25, 0.3) is 0 Å². The van der Waals surface area contributed by atoms with Crippen LogP contribution < -0.4 is 10.1 Å². The first-order valence-corrected chi connectivity index (χ1v) is 12.0. The smallest absolute Gasteiger partial charge is 0.408 e. The fourth-order valence-corrected chi connectivity index (χ4v) is 5.02. The van der Waals surface area contributed by atoms with E-state index in [9.17, 15) is 13.6 Å². The van der Waals surface area contributed by atoms with E-state index in [1.54, 1.807) is 10.7 Å². The normalized spacial score (nSPS) is 23.5. The number of halogens is 3. The molecular weight excluding hydrogens is 493 g/mol. The number of aromatic nitrogens is 2. The average Bonchev–Trinajstić information content (AvgIpc) is 3.34. The predicted octanol–water partition coefficient (Wildman–Crippen LogP) is 5.80. The van der Waals surface area contributed by atoms with Gasteiger partial charge in [0, 0.05) is 39.2 Å². The summed E-state index contributed by atoms with van der Waals surface area (Å²) >= 11 is 6.26. The van der Waals surface area contributed by atoms with Gasteiger partial charge >= 0.3 is 5.85 Å². The molecule has 1 fully saturated rings. The van der Waals surface area contributed by atoms with Crippen LogP contribution in [0.3, 0.4) is 0 Å². The van der Waals surface area contributed by atoms with Gasteiger partial charge in [-0.15, -0.1) is 0 Å². The largest absolute Gasteiger partial charge is 0.430 e. The van der Waals surface area contributed by atoms with Gasteiger partial charge in [0.1, 0.15) is 5.75 Å². The Morgan fingerprint density at radius 3 is 2.83 bits per heavy atom. The van der Waals surface area contributed by atoms with Crippen molar-refractivity contribution in [1.82, 2.24) is 15.1 Å². The number of hydrogen-bond acceptors (Lipinski definition) is 4. The number of alkyl halides is 2. The Morgan fingerprint density at radius 1 is 1.40 bits per heavy atom. The minimum atomic E-state index is -3.46. The molecule has 3 atom stereocenters. The molecule has 1 aliphatic carbocycles. The summed E-state index contributed by atoms with van der Waals surface area (Å²) in [6.07, 6.45) is 7.94. The molecule has 1 saturated heterocycles. The molecule has 0 radical (unpaired) electrons. The third-order valence-corrected chi connectivity index (χ3v) is 7.16. The number of rotatable bonds is 8. The maximum absolute atomic E-state index is 13.5. The molecule has 4 rings (SSSR count). The Balaban J connectivity index is 1.87. The highest BCUT2D eigenvalue weighted by atomic mass is 35.5. The number of hydrogen-bond donors (Lipinski definition) is 2. The van der Waals surface area contributed by atoms with E-state index in [1.807, 2.05) is 38.1 Å². The molecule has 3 unspecified atom stereocenters. The molecule has 6 nitrogen and oxygen atoms in total. The van der Waals surface area contributed by atoms with Gasteiger partial charge < -0.3 is 15.5 Å². The second kappa shape index (κ2) is 8.99. The van der Waals surface area contributed by atoms with Crippen LogP contribution in [0.4, 0.5) is 8.78 Å². The molecule has 0 spiro atoms. The summed E-state index contributed by atoms with van der Waals surface area (Å²) in [5, 5.41) is 15.4. The fourth-order valence-electron chi connectivity index (χ4n) is 4.66. The van der Waals surface area contributed by atoms with Crippen molar-refractivity contribution in [3.05, 3.63) is 65.4 Å². The minimum Gasteiger partial charge on any atom is -0.430 e. The average molecular weight is 519 g/mol. The molecule has 35 heavy (non-hydrogen) atoms. The van der Waals surface area contributed by atoms with Crippen molar-refractivity contribution >= 4 is 38.7 Å². The topological polar surface area (TPSA) is 80.0 Å². The summed E-state index contributed by atoms with van der Waals surface area (Å²) in [6, 6.07) is 6.29. The van der Waals surface area contributed by atoms with Crippen LogP contribution >= 0.6 is 20.8 Å². The molecule has 1 aliphatic heterocycles. The van der Waals surface area contributed by atoms with Crippen LogP contribution in [0, 0.1) is 10.8 Å². The molecule has 184 valence electrons. The lowest BCUT2D eigenvalue weighted by atomic mass is 9.59. The summed E-state index contributed by atoms with van der Waals surface area (Å²) in [5.74, 6) is -3.66. The zero-order valence-corrected chi connectivity index (χ0v) is 21.3. The zero-order chi connectivity index (χ0) is 25.6. The lowest BCUT2D eigenvalue weighted by Gasteiger charge is -2.42. The number of carbonyl (C=O) groups is 1. The van der Waals surface area contributed by atoms with Crippen LogP contribution in [-0.4, -0.2) is 34.3 Å². The highest BCUT2D eigenvalue weighted by molar-refractivity contribution is 7.17. The van der Waals surface area contributed by atoms with Crippen LogP contribution in [0.2, 0.25) is 5.02 Å². The third kappa shape index (κ3) is 4.57. The first-order chi connectivity index (χ1) is 16.4. The molecule has 2 aromatic rings. The van der Waals surface area contributed by atoms with Crippen molar-refractivity contribution < 1.29 is 18.3 Å². The van der Waals surface area contributed by atoms with Gasteiger partial charge in [-0.3, -0.25) is 4.79 Å². The number of benzene rings is 1. The number of nitrogens with one attached hydrogen (secondary N) is 2. The number of carbonyl (C=O) groups excluding carboxylic acids is 1. The number of ether oxygens (including phenoxy) is 1. The van der Waals surface area contributed by atoms with Gasteiger partial charge in [-0.2, -0.15) is 13.9 Å². The Hall–Kier alpha value is -2.83. The summed E-state index contributed by atoms with van der Waals surface area (Å²) < 4.78 is 33.4. The van der Waals surface area contributed by atoms with Crippen molar-refractivity contribution in [3.63, 3.8) is 0 Å². The quantitative estimate of drug-likeness (QED) is 0.342. The fraction of sp³-hybridized carbons (Fsp3) is 0.320. The highest BCUT2D eigenvalue weighted by Gasteiger charge is 2.54. The van der Waals surface area contributed by atoms with E-state index >= 15 is 0 Å². The van der Waals surface area contributed by atoms with E-state index < -0.39 is 16.7 Å². The van der Waals surface area contributed by atoms with Crippen LogP contribution in [0.1, 0.15) is 32.4 Å². The zero-order valence-electron chi connectivity index (χ0n) is 19.4. The van der Waals surface area contributed by atoms with E-state index in [0.717, 1.165) is 0 Å². The number of amides is 1. The molecule has 10 heteroatoms. The van der Waals surface area contributed by atoms with E-state index in [1.165, 1.54) is 27.6 Å². The second-order valence-corrected chi connectivity index (χ2v) is 10.2. The number of allylic oxidation sites excluding steroid dienone is 4. The Bertz CT molecular complexity index is 1280. The summed E-state index contributed by atoms with van der Waals surface area (Å²) in [5.41, 5.74) is 1.89. The van der Waals surface area contributed by atoms with Crippen molar-refractivity contribution in [2.45, 2.75) is 38.0 Å². The highest BCUT2D eigenvalue weighted by Crippen LogP contribution is 2.52. The van der Waals surface area contributed by atoms with Gasteiger partial charge in [0.05, 0.1) is 11.4 Å². The van der Waals surface area contributed by atoms with E-state index in [-0.39, 0.29) is 16.7 Å². The van der Waals surface area contributed by atoms with Crippen molar-refractivity contribution in [1.29, 1.82) is 5.41 Å². The number of fused-ring (bicyclic) bond motifs is 1. The monoisotopic (exact) mass is 518 g/mol. The summed E-state index contributed by atoms with van der Waals surface area (Å²) in [7, 11) is 1.34. The molecule has 2 N–H and O–H groups in total.